The van der Waals surface area contributed by atoms with E-state index in [-0.39, 0.29) is 5.92 Å². The fourth-order valence-electron chi connectivity index (χ4n) is 4.10. The molecule has 3 aromatic rings. The number of carbonyl (C=O) groups excluding carboxylic acids is 1. The van der Waals surface area contributed by atoms with Crippen LogP contribution in [0.3, 0.4) is 0 Å². The number of benzene rings is 2. The lowest BCUT2D eigenvalue weighted by Gasteiger charge is -2.23. The smallest absolute Gasteiger partial charge is 0.412 e. The van der Waals surface area contributed by atoms with Gasteiger partial charge in [0.25, 0.3) is 0 Å². The Balaban J connectivity index is 1.72. The number of unbranched alkanes of at least 4 members (excludes halogenated alkanes) is 1. The molecule has 4 rings (SSSR count). The molecule has 30 heavy (non-hydrogen) atoms. The zero-order valence-electron chi connectivity index (χ0n) is 17.4. The van der Waals surface area contributed by atoms with E-state index in [0.717, 1.165) is 54.4 Å². The zero-order valence-corrected chi connectivity index (χ0v) is 18.2. The number of furan rings is 1. The van der Waals surface area contributed by atoms with Gasteiger partial charge in [-0.3, -0.25) is 0 Å². The number of likely N-dealkylation sites (N-methyl/N-ethyl adjacent to an activating group) is 1. The Morgan fingerprint density at radius 1 is 1.30 bits per heavy atom. The first-order valence-electron chi connectivity index (χ1n) is 10.5. The van der Waals surface area contributed by atoms with Gasteiger partial charge in [0.15, 0.2) is 5.75 Å². The summed E-state index contributed by atoms with van der Waals surface area (Å²) in [4.78, 5) is 14.5. The van der Waals surface area contributed by atoms with Crippen molar-refractivity contribution in [2.45, 2.75) is 32.1 Å². The molecule has 0 bridgehead atoms. The standard InChI is InChI=1S/C24H27ClN2O3/c1-3-4-10-26-24(28)30-22-14-19-17(13-21(22)25)8-11-27(2)15-20(19)18-7-5-6-16-9-12-29-23(16)18/h5-7,9,12-14,20H,3-4,8,10-11,15H2,1-2H3,(H,26,28). The highest BCUT2D eigenvalue weighted by Crippen LogP contribution is 2.39. The van der Waals surface area contributed by atoms with Crippen LogP contribution < -0.4 is 10.1 Å². The van der Waals surface area contributed by atoms with Crippen LogP contribution in [-0.4, -0.2) is 37.7 Å². The zero-order chi connectivity index (χ0) is 21.1. The van der Waals surface area contributed by atoms with E-state index in [1.165, 1.54) is 5.56 Å². The lowest BCUT2D eigenvalue weighted by atomic mass is 9.87. The van der Waals surface area contributed by atoms with Gasteiger partial charge in [0.1, 0.15) is 5.58 Å². The molecule has 6 heteroatoms. The summed E-state index contributed by atoms with van der Waals surface area (Å²) >= 11 is 6.49. The Hall–Kier alpha value is -2.50. The fourth-order valence-corrected chi connectivity index (χ4v) is 4.33. The lowest BCUT2D eigenvalue weighted by Crippen LogP contribution is -2.27. The van der Waals surface area contributed by atoms with Crippen LogP contribution in [0.5, 0.6) is 5.75 Å². The van der Waals surface area contributed by atoms with E-state index >= 15 is 0 Å². The number of ether oxygens (including phenoxy) is 1. The van der Waals surface area contributed by atoms with Gasteiger partial charge in [-0.05, 0) is 49.2 Å². The molecule has 1 aromatic heterocycles. The van der Waals surface area contributed by atoms with Gasteiger partial charge in [-0.2, -0.15) is 0 Å². The Morgan fingerprint density at radius 3 is 3.00 bits per heavy atom. The van der Waals surface area contributed by atoms with Crippen molar-refractivity contribution in [1.82, 2.24) is 10.2 Å². The predicted molar refractivity (Wildman–Crippen MR) is 120 cm³/mol. The molecule has 1 aliphatic rings. The molecule has 0 radical (unpaired) electrons. The van der Waals surface area contributed by atoms with Crippen molar-refractivity contribution in [2.75, 3.05) is 26.7 Å². The lowest BCUT2D eigenvalue weighted by molar-refractivity contribution is 0.200. The molecule has 0 fully saturated rings. The van der Waals surface area contributed by atoms with E-state index in [1.807, 2.05) is 18.2 Å². The van der Waals surface area contributed by atoms with Crippen LogP contribution in [0.25, 0.3) is 11.0 Å². The Kier molecular flexibility index (Phi) is 6.30. The quantitative estimate of drug-likeness (QED) is 0.540. The average Bonchev–Trinajstić information content (AvgIpc) is 3.15. The minimum atomic E-state index is -0.472. The summed E-state index contributed by atoms with van der Waals surface area (Å²) in [6, 6.07) is 12.1. The summed E-state index contributed by atoms with van der Waals surface area (Å²) in [5, 5.41) is 4.32. The van der Waals surface area contributed by atoms with Crippen molar-refractivity contribution in [1.29, 1.82) is 0 Å². The first kappa shape index (κ1) is 20.8. The minimum Gasteiger partial charge on any atom is -0.464 e. The summed E-state index contributed by atoms with van der Waals surface area (Å²) in [6.45, 7) is 4.45. The maximum Gasteiger partial charge on any atom is 0.412 e. The van der Waals surface area contributed by atoms with Gasteiger partial charge in [0.05, 0.1) is 11.3 Å². The summed E-state index contributed by atoms with van der Waals surface area (Å²) in [7, 11) is 2.13. The van der Waals surface area contributed by atoms with Crippen molar-refractivity contribution in [3.8, 4) is 5.75 Å². The molecule has 0 aliphatic carbocycles. The van der Waals surface area contributed by atoms with E-state index in [0.29, 0.717) is 17.3 Å². The van der Waals surface area contributed by atoms with Crippen molar-refractivity contribution in [3.63, 3.8) is 0 Å². The summed E-state index contributed by atoms with van der Waals surface area (Å²) in [5.74, 6) is 0.482. The number of para-hydroxylation sites is 1. The van der Waals surface area contributed by atoms with E-state index in [2.05, 4.69) is 42.4 Å². The largest absolute Gasteiger partial charge is 0.464 e. The van der Waals surface area contributed by atoms with Crippen LogP contribution in [0.15, 0.2) is 47.1 Å². The molecule has 1 N–H and O–H groups in total. The van der Waals surface area contributed by atoms with E-state index in [9.17, 15) is 4.79 Å². The second kappa shape index (κ2) is 9.11. The Labute approximate surface area is 181 Å². The third-order valence-corrected chi connectivity index (χ3v) is 6.01. The second-order valence-electron chi connectivity index (χ2n) is 7.90. The number of carbonyl (C=O) groups is 1. The van der Waals surface area contributed by atoms with E-state index in [1.54, 1.807) is 6.26 Å². The van der Waals surface area contributed by atoms with Crippen LogP contribution >= 0.6 is 11.6 Å². The van der Waals surface area contributed by atoms with Gasteiger partial charge >= 0.3 is 6.09 Å². The molecule has 0 spiro atoms. The molecule has 1 atom stereocenters. The van der Waals surface area contributed by atoms with Crippen molar-refractivity contribution in [3.05, 3.63) is 64.4 Å². The van der Waals surface area contributed by atoms with Gasteiger partial charge in [-0.15, -0.1) is 0 Å². The highest BCUT2D eigenvalue weighted by atomic mass is 35.5. The number of hydrogen-bond donors (Lipinski definition) is 1. The highest BCUT2D eigenvalue weighted by Gasteiger charge is 2.27. The third kappa shape index (κ3) is 4.32. The maximum atomic E-state index is 12.2. The molecule has 5 nitrogen and oxygen atoms in total. The van der Waals surface area contributed by atoms with E-state index < -0.39 is 6.09 Å². The van der Waals surface area contributed by atoms with Gasteiger partial charge in [0, 0.05) is 36.5 Å². The molecule has 158 valence electrons. The van der Waals surface area contributed by atoms with Crippen molar-refractivity contribution in [2.24, 2.45) is 0 Å². The van der Waals surface area contributed by atoms with Crippen LogP contribution in [0.2, 0.25) is 5.02 Å². The third-order valence-electron chi connectivity index (χ3n) is 5.71. The number of rotatable bonds is 5. The van der Waals surface area contributed by atoms with Crippen molar-refractivity contribution < 1.29 is 13.9 Å². The molecule has 2 aromatic carbocycles. The molecule has 0 saturated heterocycles. The van der Waals surface area contributed by atoms with Crippen molar-refractivity contribution >= 4 is 28.7 Å². The summed E-state index contributed by atoms with van der Waals surface area (Å²) in [6.07, 6.45) is 4.06. The molecule has 2 heterocycles. The molecule has 1 unspecified atom stereocenters. The van der Waals surface area contributed by atoms with Gasteiger partial charge in [-0.1, -0.05) is 43.1 Å². The first-order chi connectivity index (χ1) is 14.6. The number of halogens is 1. The van der Waals surface area contributed by atoms with Gasteiger partial charge < -0.3 is 19.4 Å². The van der Waals surface area contributed by atoms with Crippen LogP contribution in [-0.2, 0) is 6.42 Å². The summed E-state index contributed by atoms with van der Waals surface area (Å²) in [5.41, 5.74) is 4.34. The Bertz CT molecular complexity index is 1050. The number of hydrogen-bond acceptors (Lipinski definition) is 4. The number of nitrogens with one attached hydrogen (secondary N) is 1. The summed E-state index contributed by atoms with van der Waals surface area (Å²) < 4.78 is 11.4. The molecular weight excluding hydrogens is 400 g/mol. The molecule has 1 amide bonds. The normalized spacial score (nSPS) is 16.8. The number of nitrogens with zero attached hydrogens (tertiary/aromatic N) is 1. The Morgan fingerprint density at radius 2 is 2.17 bits per heavy atom. The predicted octanol–water partition coefficient (Wildman–Crippen LogP) is 5.59. The van der Waals surface area contributed by atoms with E-state index in [4.69, 9.17) is 20.8 Å². The first-order valence-corrected chi connectivity index (χ1v) is 10.9. The maximum absolute atomic E-state index is 12.2. The fraction of sp³-hybridized carbons (Fsp3) is 0.375. The molecule has 0 saturated carbocycles. The monoisotopic (exact) mass is 426 g/mol. The number of fused-ring (bicyclic) bond motifs is 2. The second-order valence-corrected chi connectivity index (χ2v) is 8.31. The SMILES string of the molecule is CCCCNC(=O)Oc1cc2c(cc1Cl)CCN(C)CC2c1cccc2ccoc12. The highest BCUT2D eigenvalue weighted by molar-refractivity contribution is 6.32. The van der Waals surface area contributed by atoms with Gasteiger partial charge in [-0.25, -0.2) is 4.79 Å². The van der Waals surface area contributed by atoms with Crippen LogP contribution in [0.4, 0.5) is 4.79 Å². The van der Waals surface area contributed by atoms with Crippen LogP contribution in [0.1, 0.15) is 42.4 Å². The average molecular weight is 427 g/mol. The topological polar surface area (TPSA) is 54.7 Å². The number of amides is 1. The molecular formula is C24H27ClN2O3. The minimum absolute atomic E-state index is 0.0881. The van der Waals surface area contributed by atoms with Crippen LogP contribution in [0, 0.1) is 0 Å². The molecule has 1 aliphatic heterocycles. The van der Waals surface area contributed by atoms with Gasteiger partial charge in [0.2, 0.25) is 0 Å².